The first kappa shape index (κ1) is 28.6. The van der Waals surface area contributed by atoms with E-state index in [1.807, 2.05) is 42.5 Å². The highest BCUT2D eigenvalue weighted by Crippen LogP contribution is 2.47. The van der Waals surface area contributed by atoms with Crippen molar-refractivity contribution in [1.82, 2.24) is 4.90 Å². The molecule has 3 aliphatic heterocycles. The number of amides is 2. The van der Waals surface area contributed by atoms with Crippen molar-refractivity contribution in [3.05, 3.63) is 130 Å². The molecule has 224 valence electrons. The molecule has 2 unspecified atom stereocenters. The topological polar surface area (TPSA) is 65.1 Å². The fourth-order valence-corrected chi connectivity index (χ4v) is 6.21. The molecular formula is C39H33NO5. The monoisotopic (exact) mass is 595 g/mol. The van der Waals surface area contributed by atoms with Gasteiger partial charge in [-0.2, -0.15) is 0 Å². The van der Waals surface area contributed by atoms with E-state index in [9.17, 15) is 9.59 Å². The van der Waals surface area contributed by atoms with E-state index in [2.05, 4.69) is 50.0 Å². The number of carbonyl (C=O) groups excluding carboxylic acids is 2. The first-order chi connectivity index (χ1) is 22.0. The minimum Gasteiger partial charge on any atom is -0.480 e. The number of hydrogen-bond acceptors (Lipinski definition) is 5. The molecule has 3 aliphatic rings. The van der Waals surface area contributed by atoms with E-state index in [0.29, 0.717) is 11.1 Å². The summed E-state index contributed by atoms with van der Waals surface area (Å²) in [5, 5.41) is 0. The number of nitrogens with zero attached hydrogens (tertiary/aromatic N) is 1. The summed E-state index contributed by atoms with van der Waals surface area (Å²) < 4.78 is 18.8. The number of imide groups is 1. The maximum Gasteiger partial charge on any atom is 0.262 e. The number of fused-ring (bicyclic) bond motifs is 2. The molecule has 0 aliphatic carbocycles. The quantitative estimate of drug-likeness (QED) is 0.176. The van der Waals surface area contributed by atoms with Gasteiger partial charge < -0.3 is 14.2 Å². The summed E-state index contributed by atoms with van der Waals surface area (Å²) >= 11 is 0. The maximum atomic E-state index is 12.7. The van der Waals surface area contributed by atoms with Crippen LogP contribution in [0.2, 0.25) is 0 Å². The van der Waals surface area contributed by atoms with Crippen LogP contribution in [0.3, 0.4) is 0 Å². The highest BCUT2D eigenvalue weighted by Gasteiger charge is 2.34. The van der Waals surface area contributed by atoms with E-state index in [0.717, 1.165) is 70.8 Å². The summed E-state index contributed by atoms with van der Waals surface area (Å²) in [5.74, 6) is 7.13. The van der Waals surface area contributed by atoms with Gasteiger partial charge in [-0.3, -0.25) is 14.5 Å². The van der Waals surface area contributed by atoms with Crippen molar-refractivity contribution < 1.29 is 23.8 Å². The minimum absolute atomic E-state index is 0.0342. The van der Waals surface area contributed by atoms with E-state index in [1.165, 1.54) is 10.5 Å². The van der Waals surface area contributed by atoms with Crippen LogP contribution in [0.4, 0.5) is 0 Å². The van der Waals surface area contributed by atoms with Gasteiger partial charge in [0.15, 0.2) is 6.29 Å². The van der Waals surface area contributed by atoms with E-state index in [4.69, 9.17) is 14.2 Å². The highest BCUT2D eigenvalue weighted by atomic mass is 16.7. The van der Waals surface area contributed by atoms with Crippen molar-refractivity contribution >= 4 is 23.0 Å². The molecule has 0 saturated carbocycles. The second kappa shape index (κ2) is 12.1. The van der Waals surface area contributed by atoms with Gasteiger partial charge >= 0.3 is 0 Å². The summed E-state index contributed by atoms with van der Waals surface area (Å²) in [7, 11) is 0. The Hall–Kier alpha value is -5.12. The summed E-state index contributed by atoms with van der Waals surface area (Å²) in [6, 6.07) is 29.3. The van der Waals surface area contributed by atoms with Gasteiger partial charge in [-0.1, -0.05) is 59.9 Å². The third kappa shape index (κ3) is 5.63. The van der Waals surface area contributed by atoms with Crippen LogP contribution in [-0.4, -0.2) is 36.2 Å². The van der Waals surface area contributed by atoms with Gasteiger partial charge in [0.2, 0.25) is 0 Å². The molecule has 0 bridgehead atoms. The summed E-state index contributed by atoms with van der Waals surface area (Å²) in [4.78, 5) is 26.5. The van der Waals surface area contributed by atoms with Gasteiger partial charge in [-0.25, -0.2) is 0 Å². The molecule has 0 N–H and O–H groups in total. The van der Waals surface area contributed by atoms with Crippen LogP contribution in [0, 0.1) is 18.8 Å². The molecular weight excluding hydrogens is 562 g/mol. The van der Waals surface area contributed by atoms with E-state index in [-0.39, 0.29) is 30.8 Å². The first-order valence-corrected chi connectivity index (χ1v) is 15.4. The molecule has 7 rings (SSSR count). The molecule has 0 aromatic heterocycles. The van der Waals surface area contributed by atoms with E-state index >= 15 is 0 Å². The Morgan fingerprint density at radius 3 is 2.36 bits per heavy atom. The molecule has 2 amide bonds. The SMILES string of the molecule is CC1=C(c2cccc(OC3CCCCO3)c2)C(c2ccc(C#CCN3C(=O)c4ccccc4C3=O)cc2)Oc2ccc(C)cc21. The zero-order valence-corrected chi connectivity index (χ0v) is 25.3. The van der Waals surface area contributed by atoms with Crippen molar-refractivity contribution in [3.8, 4) is 23.3 Å². The van der Waals surface area contributed by atoms with Crippen LogP contribution in [0.5, 0.6) is 11.5 Å². The average molecular weight is 596 g/mol. The van der Waals surface area contributed by atoms with Crippen molar-refractivity contribution in [2.24, 2.45) is 0 Å². The van der Waals surface area contributed by atoms with Crippen LogP contribution >= 0.6 is 0 Å². The Bertz CT molecular complexity index is 1850. The van der Waals surface area contributed by atoms with Gasteiger partial charge in [0.25, 0.3) is 11.8 Å². The van der Waals surface area contributed by atoms with Gasteiger partial charge in [-0.05, 0) is 91.9 Å². The Balaban J connectivity index is 1.16. The van der Waals surface area contributed by atoms with Crippen LogP contribution in [0.15, 0.2) is 91.0 Å². The lowest BCUT2D eigenvalue weighted by Crippen LogP contribution is -2.29. The lowest BCUT2D eigenvalue weighted by Gasteiger charge is -2.31. The van der Waals surface area contributed by atoms with Gasteiger partial charge in [-0.15, -0.1) is 0 Å². The lowest BCUT2D eigenvalue weighted by molar-refractivity contribution is -0.105. The van der Waals surface area contributed by atoms with Gasteiger partial charge in [0.05, 0.1) is 24.3 Å². The molecule has 0 radical (unpaired) electrons. The van der Waals surface area contributed by atoms with Crippen LogP contribution in [-0.2, 0) is 4.74 Å². The third-order valence-corrected chi connectivity index (χ3v) is 8.56. The van der Waals surface area contributed by atoms with E-state index in [1.54, 1.807) is 24.3 Å². The van der Waals surface area contributed by atoms with Crippen LogP contribution in [0.1, 0.15) is 80.8 Å². The fraction of sp³-hybridized carbons (Fsp3) is 0.231. The second-order valence-corrected chi connectivity index (χ2v) is 11.6. The molecule has 2 atom stereocenters. The standard InChI is InChI=1S/C39H33NO5/c1-25-15-20-34-33(23-25)26(2)36(29-10-7-11-30(24-29)44-35-14-5-6-22-43-35)37(45-34)28-18-16-27(17-19-28)9-8-21-40-38(41)31-12-3-4-13-32(31)39(40)42/h3-4,7,10-13,15-20,23-24,35,37H,5-6,14,21-22H2,1-2H3. The van der Waals surface area contributed by atoms with Crippen molar-refractivity contribution in [3.63, 3.8) is 0 Å². The number of allylic oxidation sites excluding steroid dienone is 1. The van der Waals surface area contributed by atoms with Crippen molar-refractivity contribution in [2.45, 2.75) is 45.5 Å². The molecule has 4 aromatic rings. The average Bonchev–Trinajstić information content (AvgIpc) is 3.31. The largest absolute Gasteiger partial charge is 0.480 e. The molecule has 3 heterocycles. The van der Waals surface area contributed by atoms with E-state index < -0.39 is 0 Å². The first-order valence-electron chi connectivity index (χ1n) is 15.4. The Morgan fingerprint density at radius 2 is 1.62 bits per heavy atom. The zero-order valence-electron chi connectivity index (χ0n) is 25.3. The number of ether oxygens (including phenoxy) is 3. The number of aryl methyl sites for hydroxylation is 1. The van der Waals surface area contributed by atoms with Gasteiger partial charge in [0.1, 0.15) is 17.6 Å². The molecule has 0 spiro atoms. The Morgan fingerprint density at radius 1 is 0.844 bits per heavy atom. The lowest BCUT2D eigenvalue weighted by atomic mass is 9.85. The highest BCUT2D eigenvalue weighted by molar-refractivity contribution is 6.21. The van der Waals surface area contributed by atoms with Crippen molar-refractivity contribution in [1.29, 1.82) is 0 Å². The van der Waals surface area contributed by atoms with Crippen LogP contribution in [0.25, 0.3) is 11.1 Å². The fourth-order valence-electron chi connectivity index (χ4n) is 6.21. The smallest absolute Gasteiger partial charge is 0.262 e. The number of carbonyl (C=O) groups is 2. The normalized spacial score (nSPS) is 18.9. The summed E-state index contributed by atoms with van der Waals surface area (Å²) in [6.07, 6.45) is 2.49. The minimum atomic E-state index is -0.346. The zero-order chi connectivity index (χ0) is 30.9. The van der Waals surface area contributed by atoms with Crippen LogP contribution < -0.4 is 9.47 Å². The van der Waals surface area contributed by atoms with Gasteiger partial charge in [0, 0.05) is 23.1 Å². The number of rotatable bonds is 5. The van der Waals surface area contributed by atoms with Crippen molar-refractivity contribution in [2.75, 3.05) is 13.2 Å². The molecule has 6 heteroatoms. The second-order valence-electron chi connectivity index (χ2n) is 11.6. The molecule has 1 fully saturated rings. The predicted octanol–water partition coefficient (Wildman–Crippen LogP) is 7.61. The molecule has 45 heavy (non-hydrogen) atoms. The predicted molar refractivity (Wildman–Crippen MR) is 173 cm³/mol. The Labute approximate surface area is 263 Å². The summed E-state index contributed by atoms with van der Waals surface area (Å²) in [5.41, 5.74) is 8.14. The Kier molecular flexibility index (Phi) is 7.71. The maximum absolute atomic E-state index is 12.7. The molecule has 1 saturated heterocycles. The number of hydrogen-bond donors (Lipinski definition) is 0. The third-order valence-electron chi connectivity index (χ3n) is 8.56. The summed E-state index contributed by atoms with van der Waals surface area (Å²) in [6.45, 7) is 5.00. The molecule has 4 aromatic carbocycles. The molecule has 6 nitrogen and oxygen atoms in total. The number of benzene rings is 4.